The Morgan fingerprint density at radius 1 is 1.18 bits per heavy atom. The first-order chi connectivity index (χ1) is 13.5. The van der Waals surface area contributed by atoms with E-state index >= 15 is 0 Å². The van der Waals surface area contributed by atoms with Gasteiger partial charge in [0.15, 0.2) is 0 Å². The second kappa shape index (κ2) is 8.43. The van der Waals surface area contributed by atoms with Crippen molar-refractivity contribution in [1.82, 2.24) is 4.98 Å². The van der Waals surface area contributed by atoms with Crippen molar-refractivity contribution in [2.45, 2.75) is 6.42 Å². The normalized spacial score (nSPS) is 12.2. The average Bonchev–Trinajstić information content (AvgIpc) is 3.14. The predicted octanol–water partition coefficient (Wildman–Crippen LogP) is 3.76. The maximum Gasteiger partial charge on any atom is 0.328 e. The van der Waals surface area contributed by atoms with E-state index in [1.54, 1.807) is 18.3 Å². The van der Waals surface area contributed by atoms with Gasteiger partial charge in [0.2, 0.25) is 0 Å². The van der Waals surface area contributed by atoms with E-state index in [2.05, 4.69) is 10.3 Å². The smallest absolute Gasteiger partial charge is 0.328 e. The maximum atomic E-state index is 10.3. The van der Waals surface area contributed by atoms with Crippen LogP contribution in [0.15, 0.2) is 54.7 Å². The van der Waals surface area contributed by atoms with Crippen molar-refractivity contribution < 1.29 is 15.0 Å². The summed E-state index contributed by atoms with van der Waals surface area (Å²) in [4.78, 5) is 16.5. The number of hydrogen-bond donors (Lipinski definition) is 3. The van der Waals surface area contributed by atoms with Crippen molar-refractivity contribution in [3.05, 3.63) is 65.9 Å². The van der Waals surface area contributed by atoms with E-state index in [0.29, 0.717) is 5.75 Å². The van der Waals surface area contributed by atoms with Gasteiger partial charge in [-0.15, -0.1) is 0 Å². The summed E-state index contributed by atoms with van der Waals surface area (Å²) < 4.78 is 0. The van der Waals surface area contributed by atoms with Crippen LogP contribution in [0.25, 0.3) is 16.8 Å². The molecule has 6 nitrogen and oxygen atoms in total. The number of anilines is 2. The number of phenols is 1. The van der Waals surface area contributed by atoms with E-state index in [9.17, 15) is 9.90 Å². The van der Waals surface area contributed by atoms with Crippen LogP contribution in [0.4, 0.5) is 11.5 Å². The number of benzene rings is 2. The van der Waals surface area contributed by atoms with E-state index in [0.717, 1.165) is 52.4 Å². The third kappa shape index (κ3) is 4.40. The molecule has 0 saturated carbocycles. The van der Waals surface area contributed by atoms with Gasteiger partial charge in [-0.2, -0.15) is 0 Å². The lowest BCUT2D eigenvalue weighted by atomic mass is 10.1. The highest BCUT2D eigenvalue weighted by atomic mass is 16.4. The number of rotatable bonds is 3. The Hall–Kier alpha value is -3.54. The minimum atomic E-state index is -0.941. The molecular formula is C22H23N3O3. The molecular weight excluding hydrogens is 354 g/mol. The van der Waals surface area contributed by atoms with Crippen LogP contribution in [0.2, 0.25) is 0 Å². The van der Waals surface area contributed by atoms with E-state index in [1.165, 1.54) is 0 Å². The fourth-order valence-electron chi connectivity index (χ4n) is 3.12. The number of aliphatic carboxylic acids is 1. The summed E-state index contributed by atoms with van der Waals surface area (Å²) in [6, 6.07) is 13.5. The molecule has 1 aliphatic heterocycles. The number of nitrogens with one attached hydrogen (secondary N) is 1. The zero-order chi connectivity index (χ0) is 20.1. The van der Waals surface area contributed by atoms with Crippen molar-refractivity contribution in [3.63, 3.8) is 0 Å². The number of phenolic OH excluding ortho intramolecular Hbond substituents is 1. The molecule has 28 heavy (non-hydrogen) atoms. The Bertz CT molecular complexity index is 1030. The Morgan fingerprint density at radius 2 is 1.93 bits per heavy atom. The van der Waals surface area contributed by atoms with Gasteiger partial charge in [-0.05, 0) is 41.8 Å². The predicted molar refractivity (Wildman–Crippen MR) is 113 cm³/mol. The molecule has 4 rings (SSSR count). The molecule has 1 aromatic heterocycles. The number of carbonyl (C=O) groups is 1. The second-order valence-corrected chi connectivity index (χ2v) is 6.67. The molecule has 0 amide bonds. The number of nitrogens with zero attached hydrogens (tertiary/aromatic N) is 2. The van der Waals surface area contributed by atoms with Crippen LogP contribution in [0, 0.1) is 0 Å². The molecule has 1 aliphatic rings. The van der Waals surface area contributed by atoms with Crippen LogP contribution in [-0.2, 0) is 11.2 Å². The van der Waals surface area contributed by atoms with Crippen LogP contribution in [-0.4, -0.2) is 41.8 Å². The standard InChI is InChI=1S/C12H13NO.C10H10N2O2/c1-13(2)11-7-3-6-10-9(11)5-4-8-12(10)14;13-9(14)2-1-7-5-8-3-4-11-10(8)12-6-7/h3-8,14H,1-2H3;1-2,5-6H,3-4H2,(H,11,12)(H,13,14)/b;2-1+. The van der Waals surface area contributed by atoms with Crippen molar-refractivity contribution in [2.24, 2.45) is 0 Å². The van der Waals surface area contributed by atoms with Crippen LogP contribution in [0.1, 0.15) is 11.1 Å². The molecule has 0 radical (unpaired) electrons. The molecule has 0 fully saturated rings. The number of pyridine rings is 1. The summed E-state index contributed by atoms with van der Waals surface area (Å²) in [5.74, 6) is 0.312. The average molecular weight is 377 g/mol. The third-order valence-corrected chi connectivity index (χ3v) is 4.45. The molecule has 2 heterocycles. The molecule has 0 bridgehead atoms. The highest BCUT2D eigenvalue weighted by molar-refractivity contribution is 5.97. The summed E-state index contributed by atoms with van der Waals surface area (Å²) in [6.07, 6.45) is 5.29. The highest BCUT2D eigenvalue weighted by Gasteiger charge is 2.10. The minimum absolute atomic E-state index is 0.339. The Morgan fingerprint density at radius 3 is 2.68 bits per heavy atom. The second-order valence-electron chi connectivity index (χ2n) is 6.67. The molecule has 3 aromatic rings. The van der Waals surface area contributed by atoms with E-state index in [4.69, 9.17) is 5.11 Å². The lowest BCUT2D eigenvalue weighted by Gasteiger charge is -2.15. The van der Waals surface area contributed by atoms with Crippen LogP contribution < -0.4 is 10.2 Å². The van der Waals surface area contributed by atoms with Crippen molar-refractivity contribution >= 4 is 34.3 Å². The molecule has 0 spiro atoms. The van der Waals surface area contributed by atoms with Crippen LogP contribution in [0.3, 0.4) is 0 Å². The summed E-state index contributed by atoms with van der Waals surface area (Å²) >= 11 is 0. The zero-order valence-electron chi connectivity index (χ0n) is 15.9. The van der Waals surface area contributed by atoms with Gasteiger partial charge in [0.1, 0.15) is 11.6 Å². The summed E-state index contributed by atoms with van der Waals surface area (Å²) in [7, 11) is 4.00. The number of hydrogen-bond acceptors (Lipinski definition) is 5. The minimum Gasteiger partial charge on any atom is -0.507 e. The number of carboxylic acid groups (broad SMARTS) is 1. The summed E-state index contributed by atoms with van der Waals surface area (Å²) in [5, 5.41) is 23.2. The van der Waals surface area contributed by atoms with Crippen LogP contribution >= 0.6 is 0 Å². The van der Waals surface area contributed by atoms with Crippen molar-refractivity contribution in [1.29, 1.82) is 0 Å². The van der Waals surface area contributed by atoms with Gasteiger partial charge in [0.25, 0.3) is 0 Å². The largest absolute Gasteiger partial charge is 0.507 e. The van der Waals surface area contributed by atoms with Crippen LogP contribution in [0.5, 0.6) is 5.75 Å². The molecule has 0 saturated heterocycles. The monoisotopic (exact) mass is 377 g/mol. The molecule has 3 N–H and O–H groups in total. The molecule has 0 atom stereocenters. The summed E-state index contributed by atoms with van der Waals surface area (Å²) in [5.41, 5.74) is 3.10. The quantitative estimate of drug-likeness (QED) is 0.603. The first-order valence-electron chi connectivity index (χ1n) is 8.97. The third-order valence-electron chi connectivity index (χ3n) is 4.45. The van der Waals surface area contributed by atoms with Gasteiger partial charge >= 0.3 is 5.97 Å². The van der Waals surface area contributed by atoms with Crippen molar-refractivity contribution in [2.75, 3.05) is 30.9 Å². The number of aromatic hydroxyl groups is 1. The van der Waals surface area contributed by atoms with Gasteiger partial charge in [0.05, 0.1) is 0 Å². The van der Waals surface area contributed by atoms with Gasteiger partial charge in [-0.3, -0.25) is 0 Å². The molecule has 144 valence electrons. The fourth-order valence-corrected chi connectivity index (χ4v) is 3.12. The van der Waals surface area contributed by atoms with Gasteiger partial charge < -0.3 is 20.4 Å². The number of aromatic nitrogens is 1. The first-order valence-corrected chi connectivity index (χ1v) is 8.97. The van der Waals surface area contributed by atoms with Gasteiger partial charge in [0, 0.05) is 49.4 Å². The van der Waals surface area contributed by atoms with Gasteiger partial charge in [-0.1, -0.05) is 24.3 Å². The SMILES string of the molecule is CN(C)c1cccc2c(O)cccc12.O=C(O)/C=C/c1cnc2c(c1)CCN2. The topological polar surface area (TPSA) is 85.7 Å². The highest BCUT2D eigenvalue weighted by Crippen LogP contribution is 2.30. The lowest BCUT2D eigenvalue weighted by molar-refractivity contribution is -0.131. The molecule has 6 heteroatoms. The first kappa shape index (κ1) is 19.2. The maximum absolute atomic E-state index is 10.3. The fraction of sp³-hybridized carbons (Fsp3) is 0.182. The van der Waals surface area contributed by atoms with Gasteiger partial charge in [-0.25, -0.2) is 9.78 Å². The molecule has 0 unspecified atom stereocenters. The number of carboxylic acids is 1. The number of fused-ring (bicyclic) bond motifs is 2. The van der Waals surface area contributed by atoms with Crippen molar-refractivity contribution in [3.8, 4) is 5.75 Å². The Balaban J connectivity index is 0.000000161. The summed E-state index contributed by atoms with van der Waals surface area (Å²) in [6.45, 7) is 0.911. The van der Waals surface area contributed by atoms with E-state index in [1.807, 2.05) is 55.4 Å². The zero-order valence-corrected chi connectivity index (χ0v) is 15.9. The Kier molecular flexibility index (Phi) is 5.79. The van der Waals surface area contributed by atoms with E-state index in [-0.39, 0.29) is 0 Å². The molecule has 2 aromatic carbocycles. The Labute approximate surface area is 163 Å². The van der Waals surface area contributed by atoms with E-state index < -0.39 is 5.97 Å². The lowest BCUT2D eigenvalue weighted by Crippen LogP contribution is -2.08. The molecule has 0 aliphatic carbocycles.